The Labute approximate surface area is 80.9 Å². The number of alkyl carbamates (subject to hydrolysis) is 1. The van der Waals surface area contributed by atoms with Gasteiger partial charge in [0, 0.05) is 0 Å². The second-order valence-corrected chi connectivity index (χ2v) is 3.25. The molecule has 1 aliphatic heterocycles. The number of ether oxygens (including phenoxy) is 1. The van der Waals surface area contributed by atoms with Crippen molar-refractivity contribution in [3.05, 3.63) is 35.1 Å². The Morgan fingerprint density at radius 1 is 1.57 bits per heavy atom. The maximum Gasteiger partial charge on any atom is 0.407 e. The highest BCUT2D eigenvalue weighted by atomic mass is 19.1. The monoisotopic (exact) mass is 195 g/mol. The molecule has 1 aliphatic rings. The summed E-state index contributed by atoms with van der Waals surface area (Å²) in [5.74, 6) is -0.261. The summed E-state index contributed by atoms with van der Waals surface area (Å²) in [6, 6.07) is 4.59. The van der Waals surface area contributed by atoms with Crippen LogP contribution in [-0.4, -0.2) is 12.7 Å². The van der Waals surface area contributed by atoms with Crippen molar-refractivity contribution >= 4 is 6.09 Å². The lowest BCUT2D eigenvalue weighted by atomic mass is 10.0. The van der Waals surface area contributed by atoms with E-state index in [0.29, 0.717) is 5.56 Å². The Morgan fingerprint density at radius 3 is 3.00 bits per heavy atom. The zero-order valence-electron chi connectivity index (χ0n) is 7.71. The molecule has 0 unspecified atom stereocenters. The van der Waals surface area contributed by atoms with Crippen LogP contribution >= 0.6 is 0 Å². The second kappa shape index (κ2) is 3.29. The van der Waals surface area contributed by atoms with Crippen LogP contribution in [-0.2, 0) is 4.74 Å². The Hall–Kier alpha value is -1.58. The minimum atomic E-state index is -0.446. The summed E-state index contributed by atoms with van der Waals surface area (Å²) in [5, 5.41) is 2.61. The highest BCUT2D eigenvalue weighted by Crippen LogP contribution is 2.22. The van der Waals surface area contributed by atoms with Crippen molar-refractivity contribution in [1.82, 2.24) is 5.32 Å². The van der Waals surface area contributed by atoms with Crippen molar-refractivity contribution in [3.63, 3.8) is 0 Å². The maximum atomic E-state index is 13.2. The van der Waals surface area contributed by atoms with Gasteiger partial charge in [-0.15, -0.1) is 0 Å². The Kier molecular flexibility index (Phi) is 2.11. The van der Waals surface area contributed by atoms with E-state index in [1.165, 1.54) is 6.07 Å². The van der Waals surface area contributed by atoms with Crippen molar-refractivity contribution in [1.29, 1.82) is 0 Å². The molecule has 0 bridgehead atoms. The predicted molar refractivity (Wildman–Crippen MR) is 48.4 cm³/mol. The number of halogens is 1. The van der Waals surface area contributed by atoms with Crippen LogP contribution < -0.4 is 5.32 Å². The molecule has 0 aromatic heterocycles. The quantitative estimate of drug-likeness (QED) is 0.743. The largest absolute Gasteiger partial charge is 0.447 e. The van der Waals surface area contributed by atoms with Gasteiger partial charge >= 0.3 is 6.09 Å². The molecule has 1 saturated heterocycles. The van der Waals surface area contributed by atoms with Gasteiger partial charge in [-0.1, -0.05) is 12.1 Å². The molecule has 0 aliphatic carbocycles. The van der Waals surface area contributed by atoms with E-state index in [-0.39, 0.29) is 18.5 Å². The molecule has 1 fully saturated rings. The summed E-state index contributed by atoms with van der Waals surface area (Å²) in [6.45, 7) is 1.96. The van der Waals surface area contributed by atoms with Gasteiger partial charge in [0.05, 0.1) is 6.04 Å². The number of benzene rings is 1. The first-order valence-electron chi connectivity index (χ1n) is 4.37. The van der Waals surface area contributed by atoms with E-state index < -0.39 is 6.09 Å². The Bertz CT molecular complexity index is 378. The zero-order chi connectivity index (χ0) is 10.1. The summed E-state index contributed by atoms with van der Waals surface area (Å²) in [4.78, 5) is 10.8. The number of amides is 1. The summed E-state index contributed by atoms with van der Waals surface area (Å²) in [6.07, 6.45) is -0.446. The summed E-state index contributed by atoms with van der Waals surface area (Å²) in [7, 11) is 0. The average Bonchev–Trinajstić information content (AvgIpc) is 2.57. The smallest absolute Gasteiger partial charge is 0.407 e. The van der Waals surface area contributed by atoms with Gasteiger partial charge in [0.15, 0.2) is 0 Å². The third kappa shape index (κ3) is 1.43. The number of cyclic esters (lactones) is 1. The van der Waals surface area contributed by atoms with Crippen LogP contribution in [0.2, 0.25) is 0 Å². The van der Waals surface area contributed by atoms with Gasteiger partial charge in [0.2, 0.25) is 0 Å². The number of rotatable bonds is 1. The fourth-order valence-corrected chi connectivity index (χ4v) is 1.55. The minimum Gasteiger partial charge on any atom is -0.447 e. The van der Waals surface area contributed by atoms with Crippen LogP contribution in [0.5, 0.6) is 0 Å². The predicted octanol–water partition coefficient (Wildman–Crippen LogP) is 1.92. The molecule has 14 heavy (non-hydrogen) atoms. The molecular weight excluding hydrogens is 185 g/mol. The molecule has 4 heteroatoms. The number of carbonyl (C=O) groups excluding carboxylic acids is 1. The van der Waals surface area contributed by atoms with E-state index in [2.05, 4.69) is 5.32 Å². The average molecular weight is 195 g/mol. The molecule has 1 aromatic carbocycles. The SMILES string of the molecule is Cc1c(F)cccc1[C@@H]1COC(=O)N1. The number of hydrogen-bond donors (Lipinski definition) is 1. The molecule has 0 spiro atoms. The van der Waals surface area contributed by atoms with E-state index in [9.17, 15) is 9.18 Å². The van der Waals surface area contributed by atoms with Crippen molar-refractivity contribution in [2.75, 3.05) is 6.61 Å². The van der Waals surface area contributed by atoms with Gasteiger partial charge < -0.3 is 10.1 Å². The normalized spacial score (nSPS) is 20.4. The van der Waals surface area contributed by atoms with Crippen molar-refractivity contribution in [2.24, 2.45) is 0 Å². The molecule has 2 rings (SSSR count). The molecule has 1 atom stereocenters. The van der Waals surface area contributed by atoms with Gasteiger partial charge in [-0.05, 0) is 24.1 Å². The Balaban J connectivity index is 2.32. The number of carbonyl (C=O) groups is 1. The maximum absolute atomic E-state index is 13.2. The lowest BCUT2D eigenvalue weighted by molar-refractivity contribution is 0.177. The topological polar surface area (TPSA) is 38.3 Å². The van der Waals surface area contributed by atoms with Crippen LogP contribution in [0.1, 0.15) is 17.2 Å². The molecule has 0 radical (unpaired) electrons. The van der Waals surface area contributed by atoms with E-state index in [4.69, 9.17) is 4.74 Å². The van der Waals surface area contributed by atoms with Crippen LogP contribution in [0.15, 0.2) is 18.2 Å². The van der Waals surface area contributed by atoms with E-state index in [1.54, 1.807) is 19.1 Å². The van der Waals surface area contributed by atoms with Crippen LogP contribution in [0.4, 0.5) is 9.18 Å². The minimum absolute atomic E-state index is 0.224. The summed E-state index contributed by atoms with van der Waals surface area (Å²) >= 11 is 0. The summed E-state index contributed by atoms with van der Waals surface area (Å²) in [5.41, 5.74) is 1.33. The first-order chi connectivity index (χ1) is 6.68. The Morgan fingerprint density at radius 2 is 2.36 bits per heavy atom. The van der Waals surface area contributed by atoms with E-state index in [1.807, 2.05) is 0 Å². The highest BCUT2D eigenvalue weighted by Gasteiger charge is 2.25. The van der Waals surface area contributed by atoms with E-state index in [0.717, 1.165) is 5.56 Å². The fourth-order valence-electron chi connectivity index (χ4n) is 1.55. The van der Waals surface area contributed by atoms with Crippen molar-refractivity contribution < 1.29 is 13.9 Å². The van der Waals surface area contributed by atoms with Gasteiger partial charge in [-0.3, -0.25) is 0 Å². The van der Waals surface area contributed by atoms with Gasteiger partial charge in [-0.25, -0.2) is 9.18 Å². The first-order valence-corrected chi connectivity index (χ1v) is 4.37. The van der Waals surface area contributed by atoms with E-state index >= 15 is 0 Å². The zero-order valence-corrected chi connectivity index (χ0v) is 7.71. The first kappa shape index (κ1) is 8.99. The van der Waals surface area contributed by atoms with Gasteiger partial charge in [0.25, 0.3) is 0 Å². The molecule has 1 amide bonds. The van der Waals surface area contributed by atoms with Crippen molar-refractivity contribution in [2.45, 2.75) is 13.0 Å². The van der Waals surface area contributed by atoms with Crippen LogP contribution in [0.3, 0.4) is 0 Å². The summed E-state index contributed by atoms with van der Waals surface area (Å²) < 4.78 is 17.9. The van der Waals surface area contributed by atoms with Crippen LogP contribution in [0, 0.1) is 12.7 Å². The lowest BCUT2D eigenvalue weighted by Crippen LogP contribution is -2.19. The van der Waals surface area contributed by atoms with Gasteiger partial charge in [-0.2, -0.15) is 0 Å². The molecule has 3 nitrogen and oxygen atoms in total. The molecule has 1 N–H and O–H groups in total. The standard InChI is InChI=1S/C10H10FNO2/c1-6-7(3-2-4-8(6)11)9-5-14-10(13)12-9/h2-4,9H,5H2,1H3,(H,12,13)/t9-/m0/s1. The number of hydrogen-bond acceptors (Lipinski definition) is 2. The van der Waals surface area contributed by atoms with Gasteiger partial charge in [0.1, 0.15) is 12.4 Å². The molecule has 1 heterocycles. The lowest BCUT2D eigenvalue weighted by Gasteiger charge is -2.11. The highest BCUT2D eigenvalue weighted by molar-refractivity contribution is 5.70. The molecular formula is C10H10FNO2. The third-order valence-electron chi connectivity index (χ3n) is 2.36. The fraction of sp³-hybridized carbons (Fsp3) is 0.300. The second-order valence-electron chi connectivity index (χ2n) is 3.25. The molecule has 74 valence electrons. The number of nitrogens with one attached hydrogen (secondary N) is 1. The molecule has 0 saturated carbocycles. The van der Waals surface area contributed by atoms with Crippen LogP contribution in [0.25, 0.3) is 0 Å². The third-order valence-corrected chi connectivity index (χ3v) is 2.36. The molecule has 1 aromatic rings. The van der Waals surface area contributed by atoms with Crippen molar-refractivity contribution in [3.8, 4) is 0 Å².